The van der Waals surface area contributed by atoms with Gasteiger partial charge in [0.1, 0.15) is 5.82 Å². The molecule has 1 aromatic rings. The minimum atomic E-state index is -0.392. The van der Waals surface area contributed by atoms with Crippen LogP contribution in [0.2, 0.25) is 0 Å². The van der Waals surface area contributed by atoms with E-state index >= 15 is 0 Å². The second-order valence-electron chi connectivity index (χ2n) is 3.01. The highest BCUT2D eigenvalue weighted by Gasteiger charge is 2.12. The number of aryl methyl sites for hydroxylation is 1. The fourth-order valence-electron chi connectivity index (χ4n) is 1.42. The smallest absolute Gasteiger partial charge is 0.128 e. The van der Waals surface area contributed by atoms with Crippen LogP contribution < -0.4 is 11.5 Å². The van der Waals surface area contributed by atoms with Crippen LogP contribution in [0, 0.1) is 5.82 Å². The van der Waals surface area contributed by atoms with E-state index in [4.69, 9.17) is 11.5 Å². The Morgan fingerprint density at radius 1 is 1.46 bits per heavy atom. The van der Waals surface area contributed by atoms with Gasteiger partial charge in [0, 0.05) is 18.2 Å². The van der Waals surface area contributed by atoms with Crippen molar-refractivity contribution in [3.05, 3.63) is 35.1 Å². The third-order valence-electron chi connectivity index (χ3n) is 2.15. The lowest BCUT2D eigenvalue weighted by atomic mass is 9.98. The van der Waals surface area contributed by atoms with E-state index in [0.29, 0.717) is 5.56 Å². The molecule has 0 bridgehead atoms. The van der Waals surface area contributed by atoms with E-state index in [1.165, 1.54) is 6.07 Å². The van der Waals surface area contributed by atoms with Crippen LogP contribution in [0.1, 0.15) is 24.1 Å². The molecule has 1 atom stereocenters. The first-order valence-corrected chi connectivity index (χ1v) is 4.43. The first kappa shape index (κ1) is 10.2. The van der Waals surface area contributed by atoms with Crippen molar-refractivity contribution in [3.63, 3.8) is 0 Å². The number of nitrogens with two attached hydrogens (primary N) is 2. The van der Waals surface area contributed by atoms with E-state index in [9.17, 15) is 4.39 Å². The molecule has 1 aromatic carbocycles. The van der Waals surface area contributed by atoms with Crippen molar-refractivity contribution in [2.45, 2.75) is 19.4 Å². The van der Waals surface area contributed by atoms with Crippen molar-refractivity contribution >= 4 is 0 Å². The molecular weight excluding hydrogens is 167 g/mol. The van der Waals surface area contributed by atoms with Gasteiger partial charge in [-0.1, -0.05) is 19.1 Å². The summed E-state index contributed by atoms with van der Waals surface area (Å²) in [4.78, 5) is 0. The maximum atomic E-state index is 13.3. The second kappa shape index (κ2) is 4.35. The maximum absolute atomic E-state index is 13.3. The summed E-state index contributed by atoms with van der Waals surface area (Å²) >= 11 is 0. The van der Waals surface area contributed by atoms with Crippen molar-refractivity contribution in [2.75, 3.05) is 6.54 Å². The van der Waals surface area contributed by atoms with Crippen molar-refractivity contribution in [1.29, 1.82) is 0 Å². The molecule has 0 aliphatic heterocycles. The van der Waals surface area contributed by atoms with E-state index < -0.39 is 6.04 Å². The van der Waals surface area contributed by atoms with E-state index in [0.717, 1.165) is 12.0 Å². The van der Waals surface area contributed by atoms with Crippen molar-refractivity contribution in [3.8, 4) is 0 Å². The van der Waals surface area contributed by atoms with E-state index in [1.54, 1.807) is 6.07 Å². The summed E-state index contributed by atoms with van der Waals surface area (Å²) < 4.78 is 13.3. The lowest BCUT2D eigenvalue weighted by Gasteiger charge is -2.14. The first-order chi connectivity index (χ1) is 6.20. The number of hydrogen-bond donors (Lipinski definition) is 2. The van der Waals surface area contributed by atoms with Crippen LogP contribution in [-0.4, -0.2) is 6.54 Å². The Labute approximate surface area is 77.7 Å². The van der Waals surface area contributed by atoms with Gasteiger partial charge in [-0.3, -0.25) is 0 Å². The molecule has 2 nitrogen and oxygen atoms in total. The van der Waals surface area contributed by atoms with Crippen molar-refractivity contribution in [2.24, 2.45) is 11.5 Å². The van der Waals surface area contributed by atoms with Crippen LogP contribution in [0.25, 0.3) is 0 Å². The average Bonchev–Trinajstić information content (AvgIpc) is 2.16. The van der Waals surface area contributed by atoms with Gasteiger partial charge in [0.2, 0.25) is 0 Å². The lowest BCUT2D eigenvalue weighted by Crippen LogP contribution is -2.23. The van der Waals surface area contributed by atoms with E-state index in [2.05, 4.69) is 0 Å². The lowest BCUT2D eigenvalue weighted by molar-refractivity contribution is 0.579. The van der Waals surface area contributed by atoms with Gasteiger partial charge in [-0.05, 0) is 18.1 Å². The Bertz CT molecular complexity index is 286. The molecule has 0 amide bonds. The van der Waals surface area contributed by atoms with Crippen LogP contribution in [0.4, 0.5) is 4.39 Å². The van der Waals surface area contributed by atoms with Gasteiger partial charge in [-0.15, -0.1) is 0 Å². The van der Waals surface area contributed by atoms with Crippen LogP contribution in [0.5, 0.6) is 0 Å². The van der Waals surface area contributed by atoms with Crippen LogP contribution in [0.15, 0.2) is 18.2 Å². The molecule has 4 N–H and O–H groups in total. The molecule has 0 fully saturated rings. The van der Waals surface area contributed by atoms with Crippen LogP contribution >= 0.6 is 0 Å². The molecule has 0 spiro atoms. The summed E-state index contributed by atoms with van der Waals surface area (Å²) in [7, 11) is 0. The number of rotatable bonds is 3. The highest BCUT2D eigenvalue weighted by molar-refractivity contribution is 5.31. The number of hydrogen-bond acceptors (Lipinski definition) is 2. The highest BCUT2D eigenvalue weighted by atomic mass is 19.1. The predicted octanol–water partition coefficient (Wildman–Crippen LogP) is 1.35. The summed E-state index contributed by atoms with van der Waals surface area (Å²) in [5.74, 6) is -0.252. The molecule has 0 heterocycles. The van der Waals surface area contributed by atoms with Gasteiger partial charge < -0.3 is 11.5 Å². The topological polar surface area (TPSA) is 52.0 Å². The van der Waals surface area contributed by atoms with Crippen molar-refractivity contribution < 1.29 is 4.39 Å². The fourth-order valence-corrected chi connectivity index (χ4v) is 1.42. The third kappa shape index (κ3) is 2.05. The van der Waals surface area contributed by atoms with E-state index in [1.807, 2.05) is 13.0 Å². The van der Waals surface area contributed by atoms with Crippen LogP contribution in [0.3, 0.4) is 0 Å². The van der Waals surface area contributed by atoms with E-state index in [-0.39, 0.29) is 12.4 Å². The average molecular weight is 182 g/mol. The monoisotopic (exact) mass is 182 g/mol. The minimum Gasteiger partial charge on any atom is -0.329 e. The van der Waals surface area contributed by atoms with Gasteiger partial charge in [0.05, 0.1) is 0 Å². The summed E-state index contributed by atoms with van der Waals surface area (Å²) in [5.41, 5.74) is 12.6. The fraction of sp³-hybridized carbons (Fsp3) is 0.400. The molecule has 1 unspecified atom stereocenters. The van der Waals surface area contributed by atoms with Gasteiger partial charge in [0.25, 0.3) is 0 Å². The molecule has 13 heavy (non-hydrogen) atoms. The Morgan fingerprint density at radius 3 is 2.69 bits per heavy atom. The Balaban J connectivity index is 3.14. The molecule has 0 saturated carbocycles. The molecule has 0 saturated heterocycles. The second-order valence-corrected chi connectivity index (χ2v) is 3.01. The SMILES string of the molecule is CCc1cccc(F)c1C(N)CN. The zero-order valence-corrected chi connectivity index (χ0v) is 7.76. The standard InChI is InChI=1S/C10H15FN2/c1-2-7-4-3-5-8(11)10(7)9(13)6-12/h3-5,9H,2,6,12-13H2,1H3. The van der Waals surface area contributed by atoms with Gasteiger partial charge >= 0.3 is 0 Å². The minimum absolute atomic E-state index is 0.252. The van der Waals surface area contributed by atoms with Crippen molar-refractivity contribution in [1.82, 2.24) is 0 Å². The number of halogens is 1. The molecule has 3 heteroatoms. The zero-order chi connectivity index (χ0) is 9.84. The quantitative estimate of drug-likeness (QED) is 0.741. The first-order valence-electron chi connectivity index (χ1n) is 4.43. The molecule has 72 valence electrons. The summed E-state index contributed by atoms with van der Waals surface area (Å²) in [6.07, 6.45) is 0.779. The highest BCUT2D eigenvalue weighted by Crippen LogP contribution is 2.19. The summed E-state index contributed by atoms with van der Waals surface area (Å²) in [6.45, 7) is 2.25. The number of benzene rings is 1. The molecule has 1 rings (SSSR count). The Morgan fingerprint density at radius 2 is 2.15 bits per heavy atom. The predicted molar refractivity (Wildman–Crippen MR) is 51.8 cm³/mol. The van der Waals surface area contributed by atoms with Crippen LogP contribution in [-0.2, 0) is 6.42 Å². The normalized spacial score (nSPS) is 12.9. The largest absolute Gasteiger partial charge is 0.329 e. The maximum Gasteiger partial charge on any atom is 0.128 e. The molecule has 0 aromatic heterocycles. The molecular formula is C10H15FN2. The molecule has 0 aliphatic rings. The third-order valence-corrected chi connectivity index (χ3v) is 2.15. The van der Waals surface area contributed by atoms with Gasteiger partial charge in [-0.2, -0.15) is 0 Å². The van der Waals surface area contributed by atoms with Gasteiger partial charge in [0.15, 0.2) is 0 Å². The Hall–Kier alpha value is -0.930. The zero-order valence-electron chi connectivity index (χ0n) is 7.76. The summed E-state index contributed by atoms with van der Waals surface area (Å²) in [6, 6.07) is 4.61. The molecule has 0 radical (unpaired) electrons. The Kier molecular flexibility index (Phi) is 3.39. The molecule has 0 aliphatic carbocycles. The van der Waals surface area contributed by atoms with Gasteiger partial charge in [-0.25, -0.2) is 4.39 Å². The summed E-state index contributed by atoms with van der Waals surface area (Å²) in [5, 5.41) is 0.